The molecular formula is C20H24N2O4S. The van der Waals surface area contributed by atoms with Gasteiger partial charge in [0, 0.05) is 5.69 Å². The van der Waals surface area contributed by atoms with Crippen LogP contribution in [0.3, 0.4) is 0 Å². The predicted octanol–water partition coefficient (Wildman–Crippen LogP) is 3.54. The number of hydrogen-bond donors (Lipinski definition) is 2. The smallest absolute Gasteiger partial charge is 0.338 e. The monoisotopic (exact) mass is 388 g/mol. The van der Waals surface area contributed by atoms with Crippen LogP contribution in [0.4, 0.5) is 5.69 Å². The molecule has 0 radical (unpaired) electrons. The van der Waals surface area contributed by atoms with E-state index in [0.717, 1.165) is 11.3 Å². The number of para-hydroxylation sites is 2. The molecule has 1 atom stereocenters. The number of ether oxygens (including phenoxy) is 3. The minimum Gasteiger partial charge on any atom is -0.493 e. The van der Waals surface area contributed by atoms with E-state index in [1.807, 2.05) is 44.2 Å². The van der Waals surface area contributed by atoms with Gasteiger partial charge >= 0.3 is 5.97 Å². The maximum absolute atomic E-state index is 11.8. The number of thiocarbonyl (C=S) groups is 1. The number of anilines is 1. The zero-order valence-electron chi connectivity index (χ0n) is 15.9. The van der Waals surface area contributed by atoms with E-state index in [-0.39, 0.29) is 12.0 Å². The van der Waals surface area contributed by atoms with Gasteiger partial charge < -0.3 is 24.8 Å². The maximum atomic E-state index is 11.8. The van der Waals surface area contributed by atoms with Crippen molar-refractivity contribution in [2.45, 2.75) is 19.9 Å². The Morgan fingerprint density at radius 3 is 2.48 bits per heavy atom. The lowest BCUT2D eigenvalue weighted by Gasteiger charge is -2.19. The second-order valence-corrected chi connectivity index (χ2v) is 6.34. The van der Waals surface area contributed by atoms with Crippen LogP contribution in [0.15, 0.2) is 42.5 Å². The zero-order valence-corrected chi connectivity index (χ0v) is 16.7. The van der Waals surface area contributed by atoms with Gasteiger partial charge in [0.1, 0.15) is 6.61 Å². The Hall–Kier alpha value is -2.80. The zero-order chi connectivity index (χ0) is 19.8. The summed E-state index contributed by atoms with van der Waals surface area (Å²) in [6.07, 6.45) is 0. The number of methoxy groups -OCH3 is 2. The third kappa shape index (κ3) is 5.59. The average Bonchev–Trinajstić information content (AvgIpc) is 2.67. The molecular weight excluding hydrogens is 364 g/mol. The van der Waals surface area contributed by atoms with Crippen LogP contribution < -0.4 is 20.1 Å². The molecule has 7 heteroatoms. The topological polar surface area (TPSA) is 68.8 Å². The van der Waals surface area contributed by atoms with E-state index in [4.69, 9.17) is 26.4 Å². The number of nitrogens with one attached hydrogen (secondary N) is 2. The van der Waals surface area contributed by atoms with E-state index in [0.29, 0.717) is 28.8 Å². The SMILES string of the molecule is COC(=O)c1cccc(NC(=S)N[C@@H](C)COc2ccccc2OC)c1C. The third-order valence-corrected chi connectivity index (χ3v) is 4.14. The lowest BCUT2D eigenvalue weighted by atomic mass is 10.1. The van der Waals surface area contributed by atoms with Gasteiger partial charge in [0.05, 0.1) is 25.8 Å². The number of carbonyl (C=O) groups excluding carboxylic acids is 1. The van der Waals surface area contributed by atoms with Crippen LogP contribution in [0.2, 0.25) is 0 Å². The highest BCUT2D eigenvalue weighted by Gasteiger charge is 2.13. The van der Waals surface area contributed by atoms with Gasteiger partial charge in [0.25, 0.3) is 0 Å². The molecule has 2 aromatic carbocycles. The quantitative estimate of drug-likeness (QED) is 0.555. The Morgan fingerprint density at radius 2 is 1.81 bits per heavy atom. The van der Waals surface area contributed by atoms with E-state index >= 15 is 0 Å². The summed E-state index contributed by atoms with van der Waals surface area (Å²) in [5.41, 5.74) is 2.01. The Kier molecular flexibility index (Phi) is 7.43. The van der Waals surface area contributed by atoms with Crippen LogP contribution in [0, 0.1) is 6.92 Å². The van der Waals surface area contributed by atoms with Crippen molar-refractivity contribution in [3.8, 4) is 11.5 Å². The highest BCUT2D eigenvalue weighted by atomic mass is 32.1. The van der Waals surface area contributed by atoms with Gasteiger partial charge in [-0.15, -0.1) is 0 Å². The van der Waals surface area contributed by atoms with E-state index < -0.39 is 0 Å². The van der Waals surface area contributed by atoms with Crippen molar-refractivity contribution >= 4 is 29.0 Å². The average molecular weight is 388 g/mol. The number of rotatable bonds is 7. The fraction of sp³-hybridized carbons (Fsp3) is 0.300. The molecule has 144 valence electrons. The van der Waals surface area contributed by atoms with Gasteiger partial charge in [-0.3, -0.25) is 0 Å². The molecule has 27 heavy (non-hydrogen) atoms. The number of hydrogen-bond acceptors (Lipinski definition) is 5. The van der Waals surface area contributed by atoms with Crippen LogP contribution in [-0.2, 0) is 4.74 Å². The first-order valence-electron chi connectivity index (χ1n) is 8.47. The number of esters is 1. The molecule has 0 amide bonds. The summed E-state index contributed by atoms with van der Waals surface area (Å²) >= 11 is 5.37. The summed E-state index contributed by atoms with van der Waals surface area (Å²) in [4.78, 5) is 11.8. The number of benzene rings is 2. The van der Waals surface area contributed by atoms with E-state index in [9.17, 15) is 4.79 Å². The first-order chi connectivity index (χ1) is 13.0. The van der Waals surface area contributed by atoms with Crippen LogP contribution in [0.5, 0.6) is 11.5 Å². The minimum absolute atomic E-state index is 0.0426. The minimum atomic E-state index is -0.381. The molecule has 0 saturated heterocycles. The summed E-state index contributed by atoms with van der Waals surface area (Å²) in [5.74, 6) is 0.975. The maximum Gasteiger partial charge on any atom is 0.338 e. The van der Waals surface area contributed by atoms with Crippen molar-refractivity contribution in [3.63, 3.8) is 0 Å². The van der Waals surface area contributed by atoms with Gasteiger partial charge in [0.15, 0.2) is 16.6 Å². The van der Waals surface area contributed by atoms with Gasteiger partial charge in [-0.25, -0.2) is 4.79 Å². The van der Waals surface area contributed by atoms with Crippen LogP contribution >= 0.6 is 12.2 Å². The first kappa shape index (κ1) is 20.5. The van der Waals surface area contributed by atoms with Gasteiger partial charge in [-0.2, -0.15) is 0 Å². The molecule has 0 saturated carbocycles. The standard InChI is InChI=1S/C20H24N2O4S/c1-13(12-26-18-11-6-5-10-17(18)24-3)21-20(27)22-16-9-7-8-15(14(16)2)19(23)25-4/h5-11,13H,12H2,1-4H3,(H2,21,22,27)/t13-/m0/s1. The first-order valence-corrected chi connectivity index (χ1v) is 8.88. The largest absolute Gasteiger partial charge is 0.493 e. The molecule has 0 heterocycles. The highest BCUT2D eigenvalue weighted by Crippen LogP contribution is 2.25. The molecule has 2 N–H and O–H groups in total. The lowest BCUT2D eigenvalue weighted by molar-refractivity contribution is 0.0600. The molecule has 0 spiro atoms. The second-order valence-electron chi connectivity index (χ2n) is 5.93. The van der Waals surface area contributed by atoms with Crippen LogP contribution in [0.25, 0.3) is 0 Å². The van der Waals surface area contributed by atoms with Gasteiger partial charge in [0.2, 0.25) is 0 Å². The summed E-state index contributed by atoms with van der Waals surface area (Å²) in [6.45, 7) is 4.20. The van der Waals surface area contributed by atoms with Crippen LogP contribution in [0.1, 0.15) is 22.8 Å². The van der Waals surface area contributed by atoms with Crippen molar-refractivity contribution < 1.29 is 19.0 Å². The van der Waals surface area contributed by atoms with Crippen molar-refractivity contribution in [2.24, 2.45) is 0 Å². The van der Waals surface area contributed by atoms with E-state index in [1.165, 1.54) is 7.11 Å². The Bertz CT molecular complexity index is 810. The van der Waals surface area contributed by atoms with Gasteiger partial charge in [-0.05, 0) is 55.9 Å². The summed E-state index contributed by atoms with van der Waals surface area (Å²) in [6, 6.07) is 12.8. The fourth-order valence-electron chi connectivity index (χ4n) is 2.48. The fourth-order valence-corrected chi connectivity index (χ4v) is 2.79. The van der Waals surface area contributed by atoms with Gasteiger partial charge in [-0.1, -0.05) is 18.2 Å². The normalized spacial score (nSPS) is 11.3. The molecule has 6 nitrogen and oxygen atoms in total. The molecule has 0 aliphatic heterocycles. The Morgan fingerprint density at radius 1 is 1.11 bits per heavy atom. The molecule has 0 fully saturated rings. The van der Waals surface area contributed by atoms with Crippen molar-refractivity contribution in [1.29, 1.82) is 0 Å². The van der Waals surface area contributed by atoms with E-state index in [2.05, 4.69) is 10.6 Å². The summed E-state index contributed by atoms with van der Waals surface area (Å²) in [7, 11) is 2.96. The summed E-state index contributed by atoms with van der Waals surface area (Å²) in [5, 5.41) is 6.72. The molecule has 0 unspecified atom stereocenters. The number of carbonyl (C=O) groups is 1. The second kappa shape index (κ2) is 9.78. The van der Waals surface area contributed by atoms with E-state index in [1.54, 1.807) is 19.2 Å². The van der Waals surface area contributed by atoms with Crippen molar-refractivity contribution in [3.05, 3.63) is 53.6 Å². The molecule has 0 aromatic heterocycles. The predicted molar refractivity (Wildman–Crippen MR) is 110 cm³/mol. The van der Waals surface area contributed by atoms with Crippen LogP contribution in [-0.4, -0.2) is 38.0 Å². The molecule has 2 aromatic rings. The molecule has 2 rings (SSSR count). The molecule has 0 bridgehead atoms. The molecule has 0 aliphatic rings. The Balaban J connectivity index is 1.93. The van der Waals surface area contributed by atoms with Crippen molar-refractivity contribution in [1.82, 2.24) is 5.32 Å². The third-order valence-electron chi connectivity index (χ3n) is 3.92. The van der Waals surface area contributed by atoms with Crippen molar-refractivity contribution in [2.75, 3.05) is 26.1 Å². The molecule has 0 aliphatic carbocycles. The lowest BCUT2D eigenvalue weighted by Crippen LogP contribution is -2.39. The highest BCUT2D eigenvalue weighted by molar-refractivity contribution is 7.80. The Labute approximate surface area is 164 Å². The summed E-state index contributed by atoms with van der Waals surface area (Å²) < 4.78 is 15.9.